The molecule has 1 heterocycles. The molecule has 1 aromatic heterocycles. The van der Waals surface area contributed by atoms with Crippen molar-refractivity contribution in [3.63, 3.8) is 0 Å². The summed E-state index contributed by atoms with van der Waals surface area (Å²) in [5.41, 5.74) is 6.43. The van der Waals surface area contributed by atoms with Crippen LogP contribution in [0.1, 0.15) is 29.4 Å². The van der Waals surface area contributed by atoms with Gasteiger partial charge in [-0.05, 0) is 37.1 Å². The highest BCUT2D eigenvalue weighted by Crippen LogP contribution is 2.37. The Morgan fingerprint density at radius 3 is 2.80 bits per heavy atom. The van der Waals surface area contributed by atoms with Crippen LogP contribution in [0.2, 0.25) is 5.02 Å². The van der Waals surface area contributed by atoms with Gasteiger partial charge in [-0.1, -0.05) is 11.6 Å². The van der Waals surface area contributed by atoms with E-state index < -0.39 is 5.82 Å². The van der Waals surface area contributed by atoms with E-state index >= 15 is 0 Å². The van der Waals surface area contributed by atoms with Crippen molar-refractivity contribution in [1.29, 1.82) is 0 Å². The first-order valence-corrected chi connectivity index (χ1v) is 6.66. The molecule has 0 bridgehead atoms. The lowest BCUT2D eigenvalue weighted by Gasteiger charge is -2.09. The maximum atomic E-state index is 13.1. The molecule has 0 atom stereocenters. The van der Waals surface area contributed by atoms with Crippen LogP contribution in [-0.4, -0.2) is 10.5 Å². The molecule has 4 nitrogen and oxygen atoms in total. The molecule has 1 aromatic carbocycles. The third-order valence-electron chi connectivity index (χ3n) is 3.24. The van der Waals surface area contributed by atoms with Gasteiger partial charge in [0.25, 0.3) is 5.91 Å². The zero-order valence-electron chi connectivity index (χ0n) is 10.6. The molecule has 1 fully saturated rings. The molecule has 0 radical (unpaired) electrons. The predicted octanol–water partition coefficient (Wildman–Crippen LogP) is 3.45. The number of carbonyl (C=O) groups is 1. The van der Waals surface area contributed by atoms with Crippen molar-refractivity contribution >= 4 is 28.9 Å². The van der Waals surface area contributed by atoms with Crippen molar-refractivity contribution in [2.75, 3.05) is 11.1 Å². The fourth-order valence-corrected chi connectivity index (χ4v) is 2.31. The third kappa shape index (κ3) is 2.49. The summed E-state index contributed by atoms with van der Waals surface area (Å²) < 4.78 is 15.0. The van der Waals surface area contributed by atoms with Gasteiger partial charge in [-0.2, -0.15) is 0 Å². The van der Waals surface area contributed by atoms with Crippen LogP contribution < -0.4 is 11.1 Å². The Morgan fingerprint density at radius 2 is 2.15 bits per heavy atom. The standard InChI is InChI=1S/C14H13ClFN3O/c15-8-5-13(19(7-8)10-2-3-10)14(20)18-9-1-4-11(16)12(17)6-9/h1,4-7,10H,2-3,17H2,(H,18,20). The second kappa shape index (κ2) is 4.83. The average Bonchev–Trinajstić information content (AvgIpc) is 3.17. The average molecular weight is 294 g/mol. The number of nitrogens with zero attached hydrogens (tertiary/aromatic N) is 1. The quantitative estimate of drug-likeness (QED) is 0.852. The van der Waals surface area contributed by atoms with Gasteiger partial charge in [0.15, 0.2) is 0 Å². The van der Waals surface area contributed by atoms with Crippen LogP contribution in [0.15, 0.2) is 30.5 Å². The van der Waals surface area contributed by atoms with Gasteiger partial charge in [0.05, 0.1) is 10.7 Å². The van der Waals surface area contributed by atoms with Crippen molar-refractivity contribution < 1.29 is 9.18 Å². The van der Waals surface area contributed by atoms with Crippen LogP contribution in [0.4, 0.5) is 15.8 Å². The summed E-state index contributed by atoms with van der Waals surface area (Å²) in [6, 6.07) is 6.05. The van der Waals surface area contributed by atoms with Gasteiger partial charge in [0, 0.05) is 17.9 Å². The van der Waals surface area contributed by atoms with E-state index in [1.54, 1.807) is 12.3 Å². The molecule has 3 N–H and O–H groups in total. The van der Waals surface area contributed by atoms with Crippen LogP contribution in [-0.2, 0) is 0 Å². The molecular weight excluding hydrogens is 281 g/mol. The van der Waals surface area contributed by atoms with Crippen LogP contribution >= 0.6 is 11.6 Å². The van der Waals surface area contributed by atoms with Crippen molar-refractivity contribution in [1.82, 2.24) is 4.57 Å². The van der Waals surface area contributed by atoms with Gasteiger partial charge in [0.2, 0.25) is 0 Å². The molecule has 1 saturated carbocycles. The highest BCUT2D eigenvalue weighted by atomic mass is 35.5. The molecule has 6 heteroatoms. The summed E-state index contributed by atoms with van der Waals surface area (Å²) in [5.74, 6) is -0.790. The molecule has 2 aromatic rings. The summed E-state index contributed by atoms with van der Waals surface area (Å²) in [5, 5.41) is 3.23. The van der Waals surface area contributed by atoms with E-state index in [0.717, 1.165) is 12.8 Å². The number of anilines is 2. The van der Waals surface area contributed by atoms with Crippen LogP contribution in [0.3, 0.4) is 0 Å². The number of rotatable bonds is 3. The molecule has 20 heavy (non-hydrogen) atoms. The Labute approximate surface area is 120 Å². The van der Waals surface area contributed by atoms with E-state index in [2.05, 4.69) is 5.32 Å². The molecule has 0 aliphatic heterocycles. The lowest BCUT2D eigenvalue weighted by molar-refractivity contribution is 0.101. The predicted molar refractivity (Wildman–Crippen MR) is 76.5 cm³/mol. The van der Waals surface area contributed by atoms with Gasteiger partial charge in [-0.25, -0.2) is 4.39 Å². The van der Waals surface area contributed by atoms with E-state index in [1.807, 2.05) is 4.57 Å². The monoisotopic (exact) mass is 293 g/mol. The number of benzene rings is 1. The number of hydrogen-bond acceptors (Lipinski definition) is 2. The highest BCUT2D eigenvalue weighted by Gasteiger charge is 2.27. The van der Waals surface area contributed by atoms with Gasteiger partial charge in [0.1, 0.15) is 11.5 Å². The summed E-state index contributed by atoms with van der Waals surface area (Å²) in [6.07, 6.45) is 3.86. The number of halogens is 2. The first-order valence-electron chi connectivity index (χ1n) is 6.28. The molecule has 0 spiro atoms. The van der Waals surface area contributed by atoms with Gasteiger partial charge in [-0.15, -0.1) is 0 Å². The second-order valence-electron chi connectivity index (χ2n) is 4.87. The van der Waals surface area contributed by atoms with Gasteiger partial charge < -0.3 is 15.6 Å². The van der Waals surface area contributed by atoms with E-state index in [0.29, 0.717) is 22.4 Å². The topological polar surface area (TPSA) is 60.0 Å². The number of hydrogen-bond donors (Lipinski definition) is 2. The number of amides is 1. The molecular formula is C14H13ClFN3O. The Morgan fingerprint density at radius 1 is 1.40 bits per heavy atom. The van der Waals surface area contributed by atoms with E-state index in [4.69, 9.17) is 17.3 Å². The Bertz CT molecular complexity index is 679. The zero-order chi connectivity index (χ0) is 14.3. The van der Waals surface area contributed by atoms with E-state index in [-0.39, 0.29) is 11.6 Å². The molecule has 1 amide bonds. The van der Waals surface area contributed by atoms with E-state index in [9.17, 15) is 9.18 Å². The molecule has 0 unspecified atom stereocenters. The lowest BCUT2D eigenvalue weighted by atomic mass is 10.2. The number of nitrogens with two attached hydrogens (primary N) is 1. The summed E-state index contributed by atoms with van der Waals surface area (Å²) >= 11 is 5.96. The SMILES string of the molecule is Nc1cc(NC(=O)c2cc(Cl)cn2C2CC2)ccc1F. The van der Waals surface area contributed by atoms with E-state index in [1.165, 1.54) is 18.2 Å². The molecule has 3 rings (SSSR count). The minimum Gasteiger partial charge on any atom is -0.396 e. The van der Waals surface area contributed by atoms with Gasteiger partial charge >= 0.3 is 0 Å². The van der Waals surface area contributed by atoms with Crippen LogP contribution in [0, 0.1) is 5.82 Å². The first kappa shape index (κ1) is 13.0. The Hall–Kier alpha value is -2.01. The second-order valence-corrected chi connectivity index (χ2v) is 5.31. The Balaban J connectivity index is 1.84. The smallest absolute Gasteiger partial charge is 0.272 e. The van der Waals surface area contributed by atoms with Gasteiger partial charge in [-0.3, -0.25) is 4.79 Å². The van der Waals surface area contributed by atoms with Crippen molar-refractivity contribution in [3.8, 4) is 0 Å². The highest BCUT2D eigenvalue weighted by molar-refractivity contribution is 6.31. The van der Waals surface area contributed by atoms with Crippen LogP contribution in [0.25, 0.3) is 0 Å². The van der Waals surface area contributed by atoms with Crippen LogP contribution in [0.5, 0.6) is 0 Å². The zero-order valence-corrected chi connectivity index (χ0v) is 11.3. The Kier molecular flexibility index (Phi) is 3.14. The summed E-state index contributed by atoms with van der Waals surface area (Å²) in [6.45, 7) is 0. The lowest BCUT2D eigenvalue weighted by Crippen LogP contribution is -2.16. The number of aromatic nitrogens is 1. The number of nitrogen functional groups attached to an aromatic ring is 1. The summed E-state index contributed by atoms with van der Waals surface area (Å²) in [4.78, 5) is 12.3. The van der Waals surface area contributed by atoms with Crippen molar-refractivity contribution in [2.24, 2.45) is 0 Å². The minimum atomic E-state index is -0.507. The van der Waals surface area contributed by atoms with Crippen molar-refractivity contribution in [3.05, 3.63) is 47.0 Å². The maximum absolute atomic E-state index is 13.1. The largest absolute Gasteiger partial charge is 0.396 e. The molecule has 1 aliphatic carbocycles. The van der Waals surface area contributed by atoms with Crippen molar-refractivity contribution in [2.45, 2.75) is 18.9 Å². The first-order chi connectivity index (χ1) is 9.54. The maximum Gasteiger partial charge on any atom is 0.272 e. The number of carbonyl (C=O) groups excluding carboxylic acids is 1. The third-order valence-corrected chi connectivity index (χ3v) is 3.45. The minimum absolute atomic E-state index is 0.00147. The fourth-order valence-electron chi connectivity index (χ4n) is 2.10. The molecule has 1 aliphatic rings. The number of nitrogens with one attached hydrogen (secondary N) is 1. The molecule has 104 valence electrons. The normalized spacial score (nSPS) is 14.3. The summed E-state index contributed by atoms with van der Waals surface area (Å²) in [7, 11) is 0. The molecule has 0 saturated heterocycles. The fraction of sp³-hybridized carbons (Fsp3) is 0.214.